The monoisotopic (exact) mass is 420 g/mol. The molecule has 1 saturated heterocycles. The van der Waals surface area contributed by atoms with Gasteiger partial charge in [0, 0.05) is 30.3 Å². The molecule has 2 aromatic carbocycles. The van der Waals surface area contributed by atoms with Gasteiger partial charge in [0.05, 0.1) is 0 Å². The number of benzene rings is 2. The van der Waals surface area contributed by atoms with Crippen molar-refractivity contribution >= 4 is 11.8 Å². The van der Waals surface area contributed by atoms with Gasteiger partial charge >= 0.3 is 6.18 Å². The molecule has 1 aliphatic rings. The molecule has 1 heterocycles. The van der Waals surface area contributed by atoms with E-state index in [1.165, 1.54) is 24.3 Å². The first-order valence-corrected chi connectivity index (χ1v) is 9.68. The highest BCUT2D eigenvalue weighted by atomic mass is 19.4. The van der Waals surface area contributed by atoms with E-state index in [1.54, 1.807) is 11.0 Å². The molecule has 0 aromatic heterocycles. The molecule has 1 N–H and O–H groups in total. The Kier molecular flexibility index (Phi) is 6.64. The van der Waals surface area contributed by atoms with Crippen LogP contribution in [0, 0.1) is 6.92 Å². The number of hydrogen-bond acceptors (Lipinski definition) is 3. The molecule has 0 bridgehead atoms. The summed E-state index contributed by atoms with van der Waals surface area (Å²) in [6, 6.07) is 13.0. The molecule has 0 saturated carbocycles. The largest absolute Gasteiger partial charge is 0.484 e. The van der Waals surface area contributed by atoms with Gasteiger partial charge in [0.25, 0.3) is 11.8 Å². The maximum absolute atomic E-state index is 12.6. The number of ether oxygens (including phenoxy) is 1. The highest BCUT2D eigenvalue weighted by Gasteiger charge is 2.28. The van der Waals surface area contributed by atoms with Crippen LogP contribution < -0.4 is 10.1 Å². The van der Waals surface area contributed by atoms with Crippen molar-refractivity contribution in [2.24, 2.45) is 0 Å². The molecule has 160 valence electrons. The van der Waals surface area contributed by atoms with E-state index in [-0.39, 0.29) is 23.6 Å². The lowest BCUT2D eigenvalue weighted by molar-refractivity contribution is -0.153. The van der Waals surface area contributed by atoms with Crippen LogP contribution in [0.5, 0.6) is 5.75 Å². The van der Waals surface area contributed by atoms with Crippen LogP contribution in [-0.4, -0.2) is 48.6 Å². The smallest absolute Gasteiger partial charge is 0.422 e. The molecule has 0 unspecified atom stereocenters. The Morgan fingerprint density at radius 2 is 1.70 bits per heavy atom. The molecular formula is C22H23F3N2O3. The third kappa shape index (κ3) is 5.75. The number of aryl methyl sites for hydroxylation is 1. The highest BCUT2D eigenvalue weighted by molar-refractivity contribution is 5.96. The predicted octanol–water partition coefficient (Wildman–Crippen LogP) is 3.97. The van der Waals surface area contributed by atoms with Crippen LogP contribution in [-0.2, 0) is 0 Å². The molecule has 1 fully saturated rings. The van der Waals surface area contributed by atoms with Gasteiger partial charge in [-0.2, -0.15) is 13.2 Å². The van der Waals surface area contributed by atoms with Crippen LogP contribution in [0.2, 0.25) is 0 Å². The van der Waals surface area contributed by atoms with Crippen molar-refractivity contribution in [3.05, 3.63) is 65.2 Å². The Balaban J connectivity index is 1.50. The van der Waals surface area contributed by atoms with Gasteiger partial charge in [-0.25, -0.2) is 0 Å². The fourth-order valence-corrected chi connectivity index (χ4v) is 3.36. The summed E-state index contributed by atoms with van der Waals surface area (Å²) in [5.41, 5.74) is 1.94. The second-order valence-corrected chi connectivity index (χ2v) is 7.28. The maximum Gasteiger partial charge on any atom is 0.422 e. The lowest BCUT2D eigenvalue weighted by Crippen LogP contribution is -2.46. The summed E-state index contributed by atoms with van der Waals surface area (Å²) in [5, 5.41) is 3.02. The molecule has 5 nitrogen and oxygen atoms in total. The minimum atomic E-state index is -4.41. The highest BCUT2D eigenvalue weighted by Crippen LogP contribution is 2.20. The first-order chi connectivity index (χ1) is 14.2. The molecule has 2 aromatic rings. The zero-order valence-electron chi connectivity index (χ0n) is 16.5. The van der Waals surface area contributed by atoms with Gasteiger partial charge in [-0.3, -0.25) is 9.59 Å². The van der Waals surface area contributed by atoms with Gasteiger partial charge in [-0.05, 0) is 55.7 Å². The summed E-state index contributed by atoms with van der Waals surface area (Å²) in [6.07, 6.45) is -3.14. The number of nitrogens with one attached hydrogen (secondary N) is 1. The topological polar surface area (TPSA) is 58.6 Å². The number of piperidine rings is 1. The molecule has 3 rings (SSSR count). The number of carbonyl (C=O) groups excluding carboxylic acids is 2. The Morgan fingerprint density at radius 3 is 2.30 bits per heavy atom. The van der Waals surface area contributed by atoms with E-state index in [4.69, 9.17) is 0 Å². The van der Waals surface area contributed by atoms with Crippen LogP contribution in [0.25, 0.3) is 0 Å². The molecule has 0 spiro atoms. The van der Waals surface area contributed by atoms with E-state index in [0.29, 0.717) is 37.1 Å². The SMILES string of the molecule is Cc1ccccc1C(=O)NC1CCN(C(=O)c2ccc(OCC(F)(F)F)cc2)CC1. The van der Waals surface area contributed by atoms with E-state index in [9.17, 15) is 22.8 Å². The lowest BCUT2D eigenvalue weighted by Gasteiger charge is -2.32. The first kappa shape index (κ1) is 21.7. The molecule has 8 heteroatoms. The summed E-state index contributed by atoms with van der Waals surface area (Å²) < 4.78 is 41.3. The molecular weight excluding hydrogens is 397 g/mol. The Hall–Kier alpha value is -3.03. The molecule has 0 aliphatic carbocycles. The number of likely N-dealkylation sites (tertiary alicyclic amines) is 1. The zero-order chi connectivity index (χ0) is 21.7. The van der Waals surface area contributed by atoms with Gasteiger partial charge in [0.2, 0.25) is 0 Å². The summed E-state index contributed by atoms with van der Waals surface area (Å²) >= 11 is 0. The van der Waals surface area contributed by atoms with E-state index >= 15 is 0 Å². The molecule has 1 aliphatic heterocycles. The Bertz CT molecular complexity index is 889. The molecule has 0 radical (unpaired) electrons. The van der Waals surface area contributed by atoms with Gasteiger partial charge in [-0.15, -0.1) is 0 Å². The number of hydrogen-bond donors (Lipinski definition) is 1. The normalized spacial score (nSPS) is 15.0. The second-order valence-electron chi connectivity index (χ2n) is 7.28. The fourth-order valence-electron chi connectivity index (χ4n) is 3.36. The van der Waals surface area contributed by atoms with Gasteiger partial charge < -0.3 is 15.0 Å². The number of nitrogens with zero attached hydrogens (tertiary/aromatic N) is 1. The first-order valence-electron chi connectivity index (χ1n) is 9.68. The number of carbonyl (C=O) groups is 2. The number of alkyl halides is 3. The molecule has 30 heavy (non-hydrogen) atoms. The average Bonchev–Trinajstić information content (AvgIpc) is 2.72. The number of halogens is 3. The maximum atomic E-state index is 12.6. The van der Waals surface area contributed by atoms with Crippen LogP contribution in [0.4, 0.5) is 13.2 Å². The Morgan fingerprint density at radius 1 is 1.07 bits per heavy atom. The van der Waals surface area contributed by atoms with Crippen molar-refractivity contribution in [1.29, 1.82) is 0 Å². The van der Waals surface area contributed by atoms with Gasteiger partial charge in [0.1, 0.15) is 5.75 Å². The summed E-state index contributed by atoms with van der Waals surface area (Å²) in [7, 11) is 0. The van der Waals surface area contributed by atoms with Crippen molar-refractivity contribution in [3.8, 4) is 5.75 Å². The fraction of sp³-hybridized carbons (Fsp3) is 0.364. The molecule has 0 atom stereocenters. The van der Waals surface area contributed by atoms with Crippen LogP contribution >= 0.6 is 0 Å². The van der Waals surface area contributed by atoms with Crippen LogP contribution in [0.15, 0.2) is 48.5 Å². The van der Waals surface area contributed by atoms with Gasteiger partial charge in [0.15, 0.2) is 6.61 Å². The lowest BCUT2D eigenvalue weighted by atomic mass is 10.0. The third-order valence-electron chi connectivity index (χ3n) is 5.01. The average molecular weight is 420 g/mol. The minimum absolute atomic E-state index is 0.0145. The van der Waals surface area contributed by atoms with E-state index in [0.717, 1.165) is 5.56 Å². The summed E-state index contributed by atoms with van der Waals surface area (Å²) in [5.74, 6) is -0.255. The second kappa shape index (κ2) is 9.19. The van der Waals surface area contributed by atoms with Crippen molar-refractivity contribution in [2.75, 3.05) is 19.7 Å². The summed E-state index contributed by atoms with van der Waals surface area (Å²) in [6.45, 7) is 1.49. The van der Waals surface area contributed by atoms with Crippen molar-refractivity contribution in [3.63, 3.8) is 0 Å². The van der Waals surface area contributed by atoms with Crippen molar-refractivity contribution in [1.82, 2.24) is 10.2 Å². The number of amides is 2. The van der Waals surface area contributed by atoms with Crippen molar-refractivity contribution < 1.29 is 27.5 Å². The quantitative estimate of drug-likeness (QED) is 0.796. The zero-order valence-corrected chi connectivity index (χ0v) is 16.5. The van der Waals surface area contributed by atoms with E-state index < -0.39 is 12.8 Å². The predicted molar refractivity (Wildman–Crippen MR) is 106 cm³/mol. The van der Waals surface area contributed by atoms with Crippen molar-refractivity contribution in [2.45, 2.75) is 32.0 Å². The summed E-state index contributed by atoms with van der Waals surface area (Å²) in [4.78, 5) is 26.8. The van der Waals surface area contributed by atoms with Gasteiger partial charge in [-0.1, -0.05) is 18.2 Å². The third-order valence-corrected chi connectivity index (χ3v) is 5.01. The van der Waals surface area contributed by atoms with E-state index in [2.05, 4.69) is 10.1 Å². The van der Waals surface area contributed by atoms with Crippen LogP contribution in [0.3, 0.4) is 0 Å². The van der Waals surface area contributed by atoms with E-state index in [1.807, 2.05) is 25.1 Å². The standard InChI is InChI=1S/C22H23F3N2O3/c1-15-4-2-3-5-19(15)20(28)26-17-10-12-27(13-11-17)21(29)16-6-8-18(9-7-16)30-14-22(23,24)25/h2-9,17H,10-14H2,1H3,(H,26,28). The Labute approximate surface area is 172 Å². The molecule has 2 amide bonds. The van der Waals surface area contributed by atoms with Crippen LogP contribution in [0.1, 0.15) is 39.1 Å². The minimum Gasteiger partial charge on any atom is -0.484 e. The number of rotatable bonds is 5.